The van der Waals surface area contributed by atoms with Gasteiger partial charge in [-0.2, -0.15) is 0 Å². The number of ketones is 1. The number of rotatable bonds is 2. The summed E-state index contributed by atoms with van der Waals surface area (Å²) in [5.41, 5.74) is -1.26. The topological polar surface area (TPSA) is 46.2 Å². The van der Waals surface area contributed by atoms with Gasteiger partial charge in [0.05, 0.1) is 0 Å². The summed E-state index contributed by atoms with van der Waals surface area (Å²) in [5, 5.41) is 2.59. The molecule has 112 valence electrons. The Kier molecular flexibility index (Phi) is 2.94. The van der Waals surface area contributed by atoms with Crippen molar-refractivity contribution in [3.8, 4) is 0 Å². The second-order valence-corrected chi connectivity index (χ2v) is 6.57. The Labute approximate surface area is 121 Å². The Morgan fingerprint density at radius 1 is 1.29 bits per heavy atom. The van der Waals surface area contributed by atoms with Crippen LogP contribution in [-0.2, 0) is 9.59 Å². The molecule has 0 saturated heterocycles. The molecule has 3 nitrogen and oxygen atoms in total. The second-order valence-electron chi connectivity index (χ2n) is 6.57. The van der Waals surface area contributed by atoms with Gasteiger partial charge in [0, 0.05) is 18.2 Å². The van der Waals surface area contributed by atoms with E-state index in [0.29, 0.717) is 12.8 Å². The van der Waals surface area contributed by atoms with E-state index in [1.54, 1.807) is 0 Å². The van der Waals surface area contributed by atoms with Gasteiger partial charge in [0.2, 0.25) is 5.91 Å². The third-order valence-electron chi connectivity index (χ3n) is 5.46. The molecule has 0 heterocycles. The maximum atomic E-state index is 13.2. The highest BCUT2D eigenvalue weighted by molar-refractivity contribution is 6.14. The standard InChI is InChI=1S/C16H17F2NO2/c1-15(2)9-5-6-16(15,13(20)7-9)14(21)19-10-3-4-11(17)12(18)8-10/h3-4,8-9H,5-7H2,1-2H3,(H,19,21)/t9-,16+/m1/s1. The first kappa shape index (κ1) is 14.2. The van der Waals surface area contributed by atoms with Crippen LogP contribution in [0.3, 0.4) is 0 Å². The third kappa shape index (κ3) is 1.76. The summed E-state index contributed by atoms with van der Waals surface area (Å²) in [5.74, 6) is -2.20. The molecule has 0 spiro atoms. The molecule has 1 N–H and O–H groups in total. The van der Waals surface area contributed by atoms with E-state index in [1.807, 2.05) is 13.8 Å². The van der Waals surface area contributed by atoms with Crippen molar-refractivity contribution in [2.24, 2.45) is 16.7 Å². The second kappa shape index (κ2) is 4.36. The molecule has 0 aromatic heterocycles. The van der Waals surface area contributed by atoms with E-state index in [2.05, 4.69) is 5.32 Å². The fourth-order valence-corrected chi connectivity index (χ4v) is 4.02. The molecule has 0 unspecified atom stereocenters. The van der Waals surface area contributed by atoms with Crippen molar-refractivity contribution in [1.29, 1.82) is 0 Å². The predicted molar refractivity (Wildman–Crippen MR) is 73.5 cm³/mol. The molecule has 2 fully saturated rings. The molecule has 2 saturated carbocycles. The van der Waals surface area contributed by atoms with E-state index in [0.717, 1.165) is 18.6 Å². The van der Waals surface area contributed by atoms with E-state index in [-0.39, 0.29) is 17.4 Å². The van der Waals surface area contributed by atoms with Crippen LogP contribution >= 0.6 is 0 Å². The number of fused-ring (bicyclic) bond motifs is 2. The van der Waals surface area contributed by atoms with Gasteiger partial charge in [0.25, 0.3) is 0 Å². The normalized spacial score (nSPS) is 29.7. The zero-order valence-corrected chi connectivity index (χ0v) is 12.0. The van der Waals surface area contributed by atoms with Gasteiger partial charge in [-0.1, -0.05) is 13.8 Å². The van der Waals surface area contributed by atoms with Crippen molar-refractivity contribution in [3.63, 3.8) is 0 Å². The lowest BCUT2D eigenvalue weighted by Gasteiger charge is -2.34. The van der Waals surface area contributed by atoms with E-state index in [1.165, 1.54) is 6.07 Å². The number of carbonyl (C=O) groups is 2. The summed E-state index contributed by atoms with van der Waals surface area (Å²) in [6, 6.07) is 3.19. The van der Waals surface area contributed by atoms with Crippen LogP contribution in [0.15, 0.2) is 18.2 Å². The molecule has 2 atom stereocenters. The van der Waals surface area contributed by atoms with Crippen LogP contribution < -0.4 is 5.32 Å². The molecule has 2 bridgehead atoms. The zero-order valence-electron chi connectivity index (χ0n) is 12.0. The summed E-state index contributed by atoms with van der Waals surface area (Å²) in [7, 11) is 0. The molecule has 5 heteroatoms. The SMILES string of the molecule is CC1(C)[C@@H]2CC[C@@]1(C(=O)Nc1ccc(F)c(F)c1)C(=O)C2. The van der Waals surface area contributed by atoms with Crippen molar-refractivity contribution in [1.82, 2.24) is 0 Å². The molecular formula is C16H17F2NO2. The van der Waals surface area contributed by atoms with Crippen LogP contribution in [0.5, 0.6) is 0 Å². The highest BCUT2D eigenvalue weighted by Gasteiger charge is 2.68. The number of hydrogen-bond donors (Lipinski definition) is 1. The fraction of sp³-hybridized carbons (Fsp3) is 0.500. The molecule has 1 aromatic rings. The van der Waals surface area contributed by atoms with E-state index < -0.39 is 28.4 Å². The summed E-state index contributed by atoms with van der Waals surface area (Å²) >= 11 is 0. The zero-order chi connectivity index (χ0) is 15.4. The van der Waals surface area contributed by atoms with Gasteiger partial charge in [-0.3, -0.25) is 9.59 Å². The van der Waals surface area contributed by atoms with Crippen LogP contribution in [-0.4, -0.2) is 11.7 Å². The maximum absolute atomic E-state index is 13.2. The van der Waals surface area contributed by atoms with Crippen molar-refractivity contribution in [2.75, 3.05) is 5.32 Å². The summed E-state index contributed by atoms with van der Waals surface area (Å²) in [6.45, 7) is 3.89. The first-order chi connectivity index (χ1) is 9.79. The lowest BCUT2D eigenvalue weighted by atomic mass is 9.68. The number of nitrogens with one attached hydrogen (secondary N) is 1. The van der Waals surface area contributed by atoms with Crippen LogP contribution in [0.25, 0.3) is 0 Å². The molecule has 0 aliphatic heterocycles. The Morgan fingerprint density at radius 2 is 2.00 bits per heavy atom. The first-order valence-corrected chi connectivity index (χ1v) is 7.09. The number of benzene rings is 1. The average molecular weight is 293 g/mol. The minimum Gasteiger partial charge on any atom is -0.325 e. The average Bonchev–Trinajstić information content (AvgIpc) is 2.77. The Balaban J connectivity index is 1.91. The highest BCUT2D eigenvalue weighted by atomic mass is 19.2. The van der Waals surface area contributed by atoms with Gasteiger partial charge in [-0.25, -0.2) is 8.78 Å². The molecule has 2 aliphatic carbocycles. The third-order valence-corrected chi connectivity index (χ3v) is 5.46. The van der Waals surface area contributed by atoms with Crippen LogP contribution in [0.1, 0.15) is 33.1 Å². The van der Waals surface area contributed by atoms with E-state index in [4.69, 9.17) is 0 Å². The van der Waals surface area contributed by atoms with Crippen molar-refractivity contribution < 1.29 is 18.4 Å². The van der Waals surface area contributed by atoms with Crippen molar-refractivity contribution >= 4 is 17.4 Å². The van der Waals surface area contributed by atoms with Crippen molar-refractivity contribution in [3.05, 3.63) is 29.8 Å². The molecule has 0 radical (unpaired) electrons. The van der Waals surface area contributed by atoms with Gasteiger partial charge in [-0.15, -0.1) is 0 Å². The Bertz CT molecular complexity index is 641. The van der Waals surface area contributed by atoms with Gasteiger partial charge in [0.15, 0.2) is 11.6 Å². The highest BCUT2D eigenvalue weighted by Crippen LogP contribution is 2.64. The van der Waals surface area contributed by atoms with Crippen LogP contribution in [0, 0.1) is 28.4 Å². The number of halogens is 2. The Hall–Kier alpha value is -1.78. The van der Waals surface area contributed by atoms with Gasteiger partial charge >= 0.3 is 0 Å². The quantitative estimate of drug-likeness (QED) is 0.850. The lowest BCUT2D eigenvalue weighted by Crippen LogP contribution is -2.46. The molecule has 1 amide bonds. The number of Topliss-reactive ketones (excluding diaryl/α,β-unsaturated/α-hetero) is 1. The summed E-state index contributed by atoms with van der Waals surface area (Å²) in [6.07, 6.45) is 1.81. The number of amides is 1. The smallest absolute Gasteiger partial charge is 0.238 e. The minimum atomic E-state index is -1.04. The molecular weight excluding hydrogens is 276 g/mol. The number of hydrogen-bond acceptors (Lipinski definition) is 2. The van der Waals surface area contributed by atoms with Crippen molar-refractivity contribution in [2.45, 2.75) is 33.1 Å². The summed E-state index contributed by atoms with van der Waals surface area (Å²) < 4.78 is 26.2. The first-order valence-electron chi connectivity index (χ1n) is 7.09. The van der Waals surface area contributed by atoms with Crippen LogP contribution in [0.4, 0.5) is 14.5 Å². The predicted octanol–water partition coefficient (Wildman–Crippen LogP) is 3.30. The Morgan fingerprint density at radius 3 is 2.52 bits per heavy atom. The van der Waals surface area contributed by atoms with Gasteiger partial charge < -0.3 is 5.32 Å². The number of anilines is 1. The summed E-state index contributed by atoms with van der Waals surface area (Å²) in [4.78, 5) is 25.0. The largest absolute Gasteiger partial charge is 0.325 e. The van der Waals surface area contributed by atoms with Crippen LogP contribution in [0.2, 0.25) is 0 Å². The molecule has 1 aromatic carbocycles. The number of carbonyl (C=O) groups excluding carboxylic acids is 2. The van der Waals surface area contributed by atoms with E-state index >= 15 is 0 Å². The minimum absolute atomic E-state index is 0.0381. The molecule has 21 heavy (non-hydrogen) atoms. The van der Waals surface area contributed by atoms with Gasteiger partial charge in [-0.05, 0) is 36.3 Å². The maximum Gasteiger partial charge on any atom is 0.238 e. The molecule has 3 rings (SSSR count). The van der Waals surface area contributed by atoms with Gasteiger partial charge in [0.1, 0.15) is 11.2 Å². The monoisotopic (exact) mass is 293 g/mol. The lowest BCUT2D eigenvalue weighted by molar-refractivity contribution is -0.141. The molecule has 2 aliphatic rings. The fourth-order valence-electron chi connectivity index (χ4n) is 4.02. The van der Waals surface area contributed by atoms with E-state index in [9.17, 15) is 18.4 Å².